The molecule has 0 spiro atoms. The molecule has 0 unspecified atom stereocenters. The Bertz CT molecular complexity index is 1470. The summed E-state index contributed by atoms with van der Waals surface area (Å²) in [5.74, 6) is 0.449. The van der Waals surface area contributed by atoms with Gasteiger partial charge in [-0.25, -0.2) is 9.78 Å². The predicted octanol–water partition coefficient (Wildman–Crippen LogP) is 5.60. The van der Waals surface area contributed by atoms with Crippen LogP contribution >= 0.6 is 17.1 Å². The molecule has 4 heterocycles. The first kappa shape index (κ1) is 30.4. The van der Waals surface area contributed by atoms with Gasteiger partial charge in [-0.1, -0.05) is 44.3 Å². The van der Waals surface area contributed by atoms with Crippen LogP contribution in [0.15, 0.2) is 28.1 Å². The first-order valence-corrected chi connectivity index (χ1v) is 20.8. The van der Waals surface area contributed by atoms with Crippen LogP contribution < -0.4 is 11.2 Å². The lowest BCUT2D eigenvalue weighted by molar-refractivity contribution is -0.0367. The van der Waals surface area contributed by atoms with E-state index in [2.05, 4.69) is 69.2 Å². The number of aromatic amines is 2. The fourth-order valence-electron chi connectivity index (χ4n) is 5.48. The largest absolute Gasteiger partial charge is 0.411 e. The van der Waals surface area contributed by atoms with Crippen LogP contribution in [0.2, 0.25) is 18.1 Å². The Balaban J connectivity index is 1.37. The van der Waals surface area contributed by atoms with Gasteiger partial charge in [-0.05, 0) is 69.0 Å². The number of imidazole rings is 1. The van der Waals surface area contributed by atoms with Gasteiger partial charge in [0.05, 0.1) is 25.1 Å². The maximum Gasteiger partial charge on any atom is 0.327 e. The molecule has 7 atom stereocenters. The van der Waals surface area contributed by atoms with Crippen LogP contribution in [-0.2, 0) is 30.0 Å². The molecular formula is C26H41N4O6PS2Si. The minimum atomic E-state index is -2.61. The van der Waals surface area contributed by atoms with Gasteiger partial charge in [0, 0.05) is 11.2 Å². The zero-order valence-corrected chi connectivity index (χ0v) is 27.8. The number of H-pyrrole nitrogens is 2. The third-order valence-corrected chi connectivity index (χ3v) is 19.4. The lowest BCUT2D eigenvalue weighted by Gasteiger charge is -2.39. The second-order valence-electron chi connectivity index (χ2n) is 13.1. The highest BCUT2D eigenvalue weighted by atomic mass is 32.9. The van der Waals surface area contributed by atoms with E-state index in [0.717, 1.165) is 19.3 Å². The molecule has 222 valence electrons. The van der Waals surface area contributed by atoms with E-state index in [9.17, 15) is 9.59 Å². The molecule has 2 saturated heterocycles. The predicted molar refractivity (Wildman–Crippen MR) is 165 cm³/mol. The van der Waals surface area contributed by atoms with E-state index >= 15 is 0 Å². The molecule has 3 aliphatic rings. The van der Waals surface area contributed by atoms with Gasteiger partial charge in [-0.15, -0.1) is 0 Å². The number of hydrogen-bond acceptors (Lipinski definition) is 9. The van der Waals surface area contributed by atoms with Crippen LogP contribution in [0.5, 0.6) is 0 Å². The molecule has 5 rings (SSSR count). The Morgan fingerprint density at radius 3 is 2.75 bits per heavy atom. The minimum absolute atomic E-state index is 0.00249. The van der Waals surface area contributed by atoms with Crippen LogP contribution in [-0.4, -0.2) is 57.5 Å². The second-order valence-corrected chi connectivity index (χ2v) is 24.5. The van der Waals surface area contributed by atoms with Crippen molar-refractivity contribution in [1.82, 2.24) is 19.5 Å². The van der Waals surface area contributed by atoms with Gasteiger partial charge < -0.3 is 18.2 Å². The fraction of sp³-hybridized carbons (Fsp3) is 0.731. The van der Waals surface area contributed by atoms with Crippen molar-refractivity contribution in [1.29, 1.82) is 0 Å². The molecule has 0 bridgehead atoms. The second kappa shape index (κ2) is 10.6. The molecule has 1 saturated carbocycles. The maximum absolute atomic E-state index is 12.3. The summed E-state index contributed by atoms with van der Waals surface area (Å²) in [6, 6.07) is 0. The lowest BCUT2D eigenvalue weighted by atomic mass is 9.77. The molecule has 3 fully saturated rings. The number of aromatic nitrogens is 4. The normalized spacial score (nSPS) is 34.8. The molecule has 0 radical (unpaired) electrons. The van der Waals surface area contributed by atoms with Crippen molar-refractivity contribution in [2.24, 2.45) is 5.92 Å². The summed E-state index contributed by atoms with van der Waals surface area (Å²) >= 11 is 7.72. The van der Waals surface area contributed by atoms with E-state index < -0.39 is 37.6 Å². The van der Waals surface area contributed by atoms with Crippen molar-refractivity contribution in [2.75, 3.05) is 6.61 Å². The monoisotopic (exact) mass is 628 g/mol. The van der Waals surface area contributed by atoms with E-state index in [1.807, 2.05) is 0 Å². The van der Waals surface area contributed by atoms with Crippen molar-refractivity contribution in [2.45, 2.75) is 108 Å². The summed E-state index contributed by atoms with van der Waals surface area (Å²) in [6.45, 7) is 19.8. The summed E-state index contributed by atoms with van der Waals surface area (Å²) < 4.78 is 28.0. The zero-order chi connectivity index (χ0) is 29.3. The number of allylic oxidation sites excluding steroid dienone is 1. The number of fused-ring (bicyclic) bond motifs is 2. The fourth-order valence-corrected chi connectivity index (χ4v) is 14.0. The summed E-state index contributed by atoms with van der Waals surface area (Å²) in [4.78, 5) is 33.4. The van der Waals surface area contributed by atoms with Crippen molar-refractivity contribution in [3.8, 4) is 0 Å². The topological polar surface area (TPSA) is 120 Å². The number of hydrogen-bond donors (Lipinski definition) is 2. The Kier molecular flexibility index (Phi) is 8.05. The minimum Gasteiger partial charge on any atom is -0.411 e. The highest BCUT2D eigenvalue weighted by Crippen LogP contribution is 2.75. The Labute approximate surface area is 245 Å². The number of ether oxygens (including phenoxy) is 1. The highest BCUT2D eigenvalue weighted by Gasteiger charge is 2.54. The van der Waals surface area contributed by atoms with E-state index in [1.165, 1.54) is 11.9 Å². The standard InChI is InChI=1S/C26H41N4O6PS2Si/c1-15(2)16-9-10-26(6)19(11-16)35-37(38,39-26)33-13-18-17(36-40(7,8)25(3,4)5)12-20(34-18)30-14-27-21-22(30)28-24(32)29-23(21)31/h14,16-20H,1,9-13H2,2-8H3,(H2,28,29,31,32)/t16-,17+,18-,19+,20-,26+,37+/m1/s1. The van der Waals surface area contributed by atoms with Crippen LogP contribution in [0.1, 0.15) is 66.5 Å². The van der Waals surface area contributed by atoms with Crippen LogP contribution in [0.25, 0.3) is 11.2 Å². The zero-order valence-electron chi connectivity index (χ0n) is 24.3. The molecule has 40 heavy (non-hydrogen) atoms. The number of nitrogens with one attached hydrogen (secondary N) is 2. The van der Waals surface area contributed by atoms with E-state index in [0.29, 0.717) is 18.0 Å². The first-order chi connectivity index (χ1) is 18.5. The molecule has 14 heteroatoms. The van der Waals surface area contributed by atoms with Gasteiger partial charge in [-0.3, -0.25) is 19.3 Å². The van der Waals surface area contributed by atoms with Gasteiger partial charge >= 0.3 is 5.69 Å². The Morgan fingerprint density at radius 2 is 2.08 bits per heavy atom. The lowest BCUT2D eigenvalue weighted by Crippen LogP contribution is -2.46. The third kappa shape index (κ3) is 5.77. The molecule has 1 aliphatic carbocycles. The van der Waals surface area contributed by atoms with Gasteiger partial charge in [0.25, 0.3) is 5.56 Å². The van der Waals surface area contributed by atoms with E-state index in [-0.39, 0.29) is 34.1 Å². The van der Waals surface area contributed by atoms with Crippen molar-refractivity contribution < 1.29 is 18.2 Å². The number of rotatable bonds is 7. The average Bonchev–Trinajstić information content (AvgIpc) is 3.49. The third-order valence-electron chi connectivity index (χ3n) is 9.05. The number of nitrogens with zero attached hydrogens (tertiary/aromatic N) is 2. The maximum atomic E-state index is 12.3. The Morgan fingerprint density at radius 1 is 1.35 bits per heavy atom. The molecule has 2 aromatic heterocycles. The quantitative estimate of drug-likeness (QED) is 0.229. The van der Waals surface area contributed by atoms with Gasteiger partial charge in [0.15, 0.2) is 13.8 Å². The summed E-state index contributed by atoms with van der Waals surface area (Å²) in [5, 5.41) is -0.00249. The summed E-state index contributed by atoms with van der Waals surface area (Å²) in [6.07, 6.45) is 3.93. The molecule has 10 nitrogen and oxygen atoms in total. The Hall–Kier alpha value is -1.05. The van der Waals surface area contributed by atoms with Gasteiger partial charge in [0.2, 0.25) is 5.69 Å². The van der Waals surface area contributed by atoms with Crippen LogP contribution in [0, 0.1) is 5.92 Å². The highest BCUT2D eigenvalue weighted by molar-refractivity contribution is 8.68. The molecular weight excluding hydrogens is 588 g/mol. The van der Waals surface area contributed by atoms with Gasteiger partial charge in [-0.2, -0.15) is 0 Å². The van der Waals surface area contributed by atoms with E-state index in [4.69, 9.17) is 30.0 Å². The van der Waals surface area contributed by atoms with Gasteiger partial charge in [0.1, 0.15) is 18.0 Å². The summed E-state index contributed by atoms with van der Waals surface area (Å²) in [5.41, 5.74) is -2.08. The van der Waals surface area contributed by atoms with Crippen molar-refractivity contribution >= 4 is 48.4 Å². The molecule has 2 aliphatic heterocycles. The van der Waals surface area contributed by atoms with Crippen molar-refractivity contribution in [3.63, 3.8) is 0 Å². The smallest absolute Gasteiger partial charge is 0.327 e. The van der Waals surface area contributed by atoms with E-state index in [1.54, 1.807) is 15.9 Å². The molecule has 2 aromatic rings. The molecule has 0 aromatic carbocycles. The molecule has 0 amide bonds. The molecule has 2 N–H and O–H groups in total. The van der Waals surface area contributed by atoms with Crippen LogP contribution in [0.3, 0.4) is 0 Å². The first-order valence-electron chi connectivity index (χ1n) is 13.8. The van der Waals surface area contributed by atoms with Crippen LogP contribution in [0.4, 0.5) is 0 Å². The van der Waals surface area contributed by atoms with Crippen molar-refractivity contribution in [3.05, 3.63) is 39.3 Å². The summed E-state index contributed by atoms with van der Waals surface area (Å²) in [7, 11) is -2.17. The SMILES string of the molecule is C=C(C)[C@@H]1CC[C@]2(C)S[P@@](=S)(OC[C@H]3O[C@@H](n4cnc5c(=O)[nH]c(=O)[nH]c54)C[C@@H]3O[Si](C)(C)C(C)(C)C)O[C@H]2C1. The average molecular weight is 629 g/mol.